The second kappa shape index (κ2) is 12.9. The van der Waals surface area contributed by atoms with Crippen LogP contribution in [0.5, 0.6) is 0 Å². The lowest BCUT2D eigenvalue weighted by Gasteiger charge is -2.33. The van der Waals surface area contributed by atoms with Crippen molar-refractivity contribution >= 4 is 39.1 Å². The molecule has 0 bridgehead atoms. The maximum atomic E-state index is 13.9. The number of amides is 2. The van der Waals surface area contributed by atoms with Crippen LogP contribution in [-0.4, -0.2) is 43.8 Å². The lowest BCUT2D eigenvalue weighted by molar-refractivity contribution is -0.139. The number of anilines is 1. The second-order valence-corrected chi connectivity index (χ2v) is 11.6. The topological polar surface area (TPSA) is 86.8 Å². The molecule has 0 aliphatic rings. The molecular weight excluding hydrogens is 522 g/mol. The van der Waals surface area contributed by atoms with E-state index in [1.54, 1.807) is 61.5 Å². The fourth-order valence-electron chi connectivity index (χ4n) is 4.06. The first-order chi connectivity index (χ1) is 18.0. The van der Waals surface area contributed by atoms with Crippen LogP contribution in [-0.2, 0) is 32.6 Å². The fourth-order valence-corrected chi connectivity index (χ4v) is 5.66. The second-order valence-electron chi connectivity index (χ2n) is 9.29. The Morgan fingerprint density at radius 1 is 0.895 bits per heavy atom. The van der Waals surface area contributed by atoms with Crippen LogP contribution in [0, 0.1) is 0 Å². The monoisotopic (exact) mass is 555 g/mol. The molecule has 3 aromatic rings. The molecule has 3 rings (SSSR count). The Labute approximate surface area is 230 Å². The molecule has 3 aromatic carbocycles. The zero-order chi connectivity index (χ0) is 27.9. The molecule has 7 nitrogen and oxygen atoms in total. The SMILES string of the molecule is CCc1ccccc1N(CC(=O)N(Cc1ccc(Cl)cc1)[C@H](C)C(=O)NC(C)C)S(=O)(=O)c1ccccc1. The molecule has 2 amide bonds. The van der Waals surface area contributed by atoms with Crippen molar-refractivity contribution in [2.24, 2.45) is 0 Å². The van der Waals surface area contributed by atoms with E-state index in [1.807, 2.05) is 32.9 Å². The molecule has 9 heteroatoms. The van der Waals surface area contributed by atoms with Crippen LogP contribution >= 0.6 is 11.6 Å². The molecule has 202 valence electrons. The van der Waals surface area contributed by atoms with Crippen LogP contribution in [0.3, 0.4) is 0 Å². The molecule has 0 aliphatic carbocycles. The van der Waals surface area contributed by atoms with Crippen molar-refractivity contribution in [2.75, 3.05) is 10.8 Å². The number of aryl methyl sites for hydroxylation is 1. The number of hydrogen-bond acceptors (Lipinski definition) is 4. The molecule has 0 aromatic heterocycles. The smallest absolute Gasteiger partial charge is 0.264 e. The molecule has 0 unspecified atom stereocenters. The van der Waals surface area contributed by atoms with Gasteiger partial charge in [0.15, 0.2) is 0 Å². The molecule has 1 atom stereocenters. The minimum absolute atomic E-state index is 0.0774. The van der Waals surface area contributed by atoms with Gasteiger partial charge in [0.1, 0.15) is 12.6 Å². The number of sulfonamides is 1. The summed E-state index contributed by atoms with van der Waals surface area (Å²) < 4.78 is 28.9. The van der Waals surface area contributed by atoms with Gasteiger partial charge in [0.05, 0.1) is 10.6 Å². The Morgan fingerprint density at radius 3 is 2.11 bits per heavy atom. The maximum absolute atomic E-state index is 13.9. The highest BCUT2D eigenvalue weighted by molar-refractivity contribution is 7.92. The molecule has 0 aliphatic heterocycles. The fraction of sp³-hybridized carbons (Fsp3) is 0.310. The lowest BCUT2D eigenvalue weighted by atomic mass is 10.1. The van der Waals surface area contributed by atoms with Gasteiger partial charge in [0, 0.05) is 17.6 Å². The third-order valence-electron chi connectivity index (χ3n) is 6.12. The van der Waals surface area contributed by atoms with E-state index in [4.69, 9.17) is 11.6 Å². The third-order valence-corrected chi connectivity index (χ3v) is 8.14. The van der Waals surface area contributed by atoms with Gasteiger partial charge in [-0.05, 0) is 68.7 Å². The van der Waals surface area contributed by atoms with E-state index in [-0.39, 0.29) is 23.4 Å². The summed E-state index contributed by atoms with van der Waals surface area (Å²) in [6.45, 7) is 6.89. The van der Waals surface area contributed by atoms with E-state index >= 15 is 0 Å². The average molecular weight is 556 g/mol. The summed E-state index contributed by atoms with van der Waals surface area (Å²) in [6.07, 6.45) is 0.576. The standard InChI is InChI=1S/C29H34ClN3O4S/c1-5-24-11-9-10-14-27(24)33(38(36,37)26-12-7-6-8-13-26)20-28(34)32(22(4)29(35)31-21(2)3)19-23-15-17-25(30)18-16-23/h6-18,21-22H,5,19-20H2,1-4H3,(H,31,35)/t22-/m1/s1. The first-order valence-corrected chi connectivity index (χ1v) is 14.4. The van der Waals surface area contributed by atoms with Crippen LogP contribution in [0.1, 0.15) is 38.8 Å². The highest BCUT2D eigenvalue weighted by Crippen LogP contribution is 2.28. The van der Waals surface area contributed by atoms with Gasteiger partial charge < -0.3 is 10.2 Å². The largest absolute Gasteiger partial charge is 0.352 e. The number of hydrogen-bond donors (Lipinski definition) is 1. The van der Waals surface area contributed by atoms with Crippen LogP contribution in [0.15, 0.2) is 83.8 Å². The van der Waals surface area contributed by atoms with Crippen LogP contribution < -0.4 is 9.62 Å². The molecule has 0 saturated carbocycles. The summed E-state index contributed by atoms with van der Waals surface area (Å²) in [6, 6.07) is 21.2. The summed E-state index contributed by atoms with van der Waals surface area (Å²) in [4.78, 5) is 28.4. The Bertz CT molecular complexity index is 1350. The van der Waals surface area contributed by atoms with E-state index < -0.39 is 28.5 Å². The molecular formula is C29H34ClN3O4S. The van der Waals surface area contributed by atoms with Gasteiger partial charge in [0.2, 0.25) is 11.8 Å². The minimum atomic E-state index is -4.09. The van der Waals surface area contributed by atoms with Crippen molar-refractivity contribution < 1.29 is 18.0 Å². The Kier molecular flexibility index (Phi) is 9.94. The van der Waals surface area contributed by atoms with Crippen molar-refractivity contribution in [1.29, 1.82) is 0 Å². The van der Waals surface area contributed by atoms with Crippen molar-refractivity contribution in [3.8, 4) is 0 Å². The zero-order valence-corrected chi connectivity index (χ0v) is 23.7. The van der Waals surface area contributed by atoms with Gasteiger partial charge in [-0.3, -0.25) is 13.9 Å². The minimum Gasteiger partial charge on any atom is -0.352 e. The number of carbonyl (C=O) groups excluding carboxylic acids is 2. The molecule has 38 heavy (non-hydrogen) atoms. The summed E-state index contributed by atoms with van der Waals surface area (Å²) >= 11 is 6.04. The van der Waals surface area contributed by atoms with Crippen LogP contribution in [0.2, 0.25) is 5.02 Å². The van der Waals surface area contributed by atoms with Crippen LogP contribution in [0.25, 0.3) is 0 Å². The number of halogens is 1. The Hall–Kier alpha value is -3.36. The van der Waals surface area contributed by atoms with Gasteiger partial charge in [0.25, 0.3) is 10.0 Å². The number of nitrogens with zero attached hydrogens (tertiary/aromatic N) is 2. The molecule has 1 N–H and O–H groups in total. The normalized spacial score (nSPS) is 12.2. The van der Waals surface area contributed by atoms with E-state index in [2.05, 4.69) is 5.32 Å². The van der Waals surface area contributed by atoms with Crippen molar-refractivity contribution in [2.45, 2.75) is 57.6 Å². The highest BCUT2D eigenvalue weighted by Gasteiger charge is 2.33. The van der Waals surface area contributed by atoms with E-state index in [0.29, 0.717) is 17.1 Å². The van der Waals surface area contributed by atoms with Gasteiger partial charge in [-0.1, -0.05) is 67.1 Å². The average Bonchev–Trinajstić information content (AvgIpc) is 2.90. The Morgan fingerprint density at radius 2 is 1.50 bits per heavy atom. The lowest BCUT2D eigenvalue weighted by Crippen LogP contribution is -2.52. The zero-order valence-electron chi connectivity index (χ0n) is 22.1. The van der Waals surface area contributed by atoms with Crippen molar-refractivity contribution in [1.82, 2.24) is 10.2 Å². The van der Waals surface area contributed by atoms with E-state index in [1.165, 1.54) is 17.0 Å². The molecule has 0 heterocycles. The maximum Gasteiger partial charge on any atom is 0.264 e. The van der Waals surface area contributed by atoms with Crippen LogP contribution in [0.4, 0.5) is 5.69 Å². The highest BCUT2D eigenvalue weighted by atomic mass is 35.5. The van der Waals surface area contributed by atoms with Crippen molar-refractivity contribution in [3.63, 3.8) is 0 Å². The van der Waals surface area contributed by atoms with Crippen molar-refractivity contribution in [3.05, 3.63) is 95.0 Å². The van der Waals surface area contributed by atoms with Gasteiger partial charge >= 0.3 is 0 Å². The number of benzene rings is 3. The predicted molar refractivity (Wildman–Crippen MR) is 152 cm³/mol. The van der Waals surface area contributed by atoms with Gasteiger partial charge in [-0.25, -0.2) is 8.42 Å². The van der Waals surface area contributed by atoms with Gasteiger partial charge in [-0.2, -0.15) is 0 Å². The molecule has 0 saturated heterocycles. The van der Waals surface area contributed by atoms with E-state index in [9.17, 15) is 18.0 Å². The molecule has 0 spiro atoms. The number of carbonyl (C=O) groups is 2. The number of nitrogens with one attached hydrogen (secondary N) is 1. The van der Waals surface area contributed by atoms with E-state index in [0.717, 1.165) is 15.4 Å². The number of para-hydroxylation sites is 1. The summed E-state index contributed by atoms with van der Waals surface area (Å²) in [5.41, 5.74) is 1.98. The molecule has 0 radical (unpaired) electrons. The quantitative estimate of drug-likeness (QED) is 0.359. The Balaban J connectivity index is 2.05. The first kappa shape index (κ1) is 29.2. The number of rotatable bonds is 11. The predicted octanol–water partition coefficient (Wildman–Crippen LogP) is 5.04. The third kappa shape index (κ3) is 7.14. The summed E-state index contributed by atoms with van der Waals surface area (Å²) in [7, 11) is -4.09. The summed E-state index contributed by atoms with van der Waals surface area (Å²) in [5, 5.41) is 3.40. The molecule has 0 fully saturated rings. The first-order valence-electron chi connectivity index (χ1n) is 12.5. The summed E-state index contributed by atoms with van der Waals surface area (Å²) in [5.74, 6) is -0.828. The van der Waals surface area contributed by atoms with Gasteiger partial charge in [-0.15, -0.1) is 0 Å².